The molecule has 222 valence electrons. The number of aromatic nitrogens is 1. The summed E-state index contributed by atoms with van der Waals surface area (Å²) < 4.78 is 39.2. The third-order valence-electron chi connectivity index (χ3n) is 7.86. The number of hydrogen-bond acceptors (Lipinski definition) is 6. The Morgan fingerprint density at radius 1 is 1.17 bits per heavy atom. The zero-order valence-corrected chi connectivity index (χ0v) is 23.5. The molecule has 1 aromatic heterocycles. The molecule has 0 bridgehead atoms. The Morgan fingerprint density at radius 2 is 1.83 bits per heavy atom. The van der Waals surface area contributed by atoms with Crippen LogP contribution in [0.25, 0.3) is 5.57 Å². The van der Waals surface area contributed by atoms with Gasteiger partial charge in [-0.25, -0.2) is 9.98 Å². The van der Waals surface area contributed by atoms with Crippen molar-refractivity contribution in [2.24, 2.45) is 28.5 Å². The zero-order chi connectivity index (χ0) is 30.6. The minimum Gasteiger partial charge on any atom is -0.481 e. The Kier molecular flexibility index (Phi) is 9.18. The molecule has 3 unspecified atom stereocenters. The molecule has 42 heavy (non-hydrogen) atoms. The van der Waals surface area contributed by atoms with Crippen molar-refractivity contribution in [2.45, 2.75) is 52.1 Å². The summed E-state index contributed by atoms with van der Waals surface area (Å²) in [5.74, 6) is -1.77. The molecule has 1 saturated carbocycles. The van der Waals surface area contributed by atoms with Gasteiger partial charge in [0.2, 0.25) is 0 Å². The summed E-state index contributed by atoms with van der Waals surface area (Å²) >= 11 is 0. The molecule has 1 fully saturated rings. The number of halogens is 3. The van der Waals surface area contributed by atoms with E-state index in [0.29, 0.717) is 18.5 Å². The van der Waals surface area contributed by atoms with Crippen molar-refractivity contribution in [1.29, 1.82) is 0 Å². The summed E-state index contributed by atoms with van der Waals surface area (Å²) in [5, 5.41) is 12.0. The van der Waals surface area contributed by atoms with Gasteiger partial charge in [-0.2, -0.15) is 13.2 Å². The van der Waals surface area contributed by atoms with Crippen molar-refractivity contribution in [2.75, 3.05) is 5.32 Å². The average Bonchev–Trinajstić information content (AvgIpc) is 2.97. The predicted octanol–water partition coefficient (Wildman–Crippen LogP) is 6.66. The molecule has 2 aromatic rings. The summed E-state index contributed by atoms with van der Waals surface area (Å²) in [4.78, 5) is 34.6. The number of aliphatic carboxylic acids is 1. The molecule has 0 radical (unpaired) electrons. The number of hydrogen-bond donors (Lipinski definition) is 3. The molecular weight excluding hydrogens is 547 g/mol. The molecule has 0 saturated heterocycles. The van der Waals surface area contributed by atoms with Gasteiger partial charge in [-0.15, -0.1) is 0 Å². The molecule has 4 rings (SSSR count). The number of anilines is 1. The lowest BCUT2D eigenvalue weighted by molar-refractivity contribution is -0.143. The number of alkyl halides is 3. The maximum absolute atomic E-state index is 13.1. The third-order valence-corrected chi connectivity index (χ3v) is 7.86. The number of nitrogens with one attached hydrogen (secondary N) is 1. The van der Waals surface area contributed by atoms with E-state index in [9.17, 15) is 27.9 Å². The molecule has 2 heterocycles. The number of rotatable bonds is 8. The van der Waals surface area contributed by atoms with Crippen molar-refractivity contribution >= 4 is 29.1 Å². The second kappa shape index (κ2) is 12.6. The second-order valence-electron chi connectivity index (χ2n) is 10.6. The Morgan fingerprint density at radius 3 is 2.48 bits per heavy atom. The van der Waals surface area contributed by atoms with Gasteiger partial charge in [-0.05, 0) is 72.9 Å². The molecule has 11 heteroatoms. The topological polar surface area (TPSA) is 121 Å². The van der Waals surface area contributed by atoms with E-state index in [2.05, 4.69) is 28.8 Å². The highest BCUT2D eigenvalue weighted by Crippen LogP contribution is 2.40. The summed E-state index contributed by atoms with van der Waals surface area (Å²) in [7, 11) is 0. The molecule has 2 aliphatic rings. The van der Waals surface area contributed by atoms with E-state index in [0.717, 1.165) is 54.4 Å². The number of amides is 1. The Balaban J connectivity index is 1.65. The van der Waals surface area contributed by atoms with Gasteiger partial charge in [0, 0.05) is 29.9 Å². The number of carbonyl (C=O) groups is 2. The SMILES string of the molecule is C=C(C1CCCC(C(=O)O)C1)N1C=CN=C(N)/C1=C(\c1ccc(C(=O)Nc2cc(C(F)(F)F)ccn2)cc1)C(C)CC. The van der Waals surface area contributed by atoms with E-state index in [1.54, 1.807) is 36.7 Å². The van der Waals surface area contributed by atoms with E-state index in [1.807, 2.05) is 11.8 Å². The minimum absolute atomic E-state index is 0.0164. The van der Waals surface area contributed by atoms with Gasteiger partial charge in [0.05, 0.1) is 17.2 Å². The maximum Gasteiger partial charge on any atom is 0.416 e. The zero-order valence-electron chi connectivity index (χ0n) is 23.5. The van der Waals surface area contributed by atoms with Gasteiger partial charge >= 0.3 is 12.1 Å². The van der Waals surface area contributed by atoms with Crippen LogP contribution in [0.2, 0.25) is 0 Å². The lowest BCUT2D eigenvalue weighted by atomic mass is 9.79. The van der Waals surface area contributed by atoms with Gasteiger partial charge in [0.15, 0.2) is 0 Å². The number of aliphatic imine (C=N–C) groups is 1. The van der Waals surface area contributed by atoms with Crippen molar-refractivity contribution < 1.29 is 27.9 Å². The van der Waals surface area contributed by atoms with Crippen LogP contribution in [0.3, 0.4) is 0 Å². The van der Waals surface area contributed by atoms with E-state index >= 15 is 0 Å². The number of allylic oxidation sites excluding steroid dienone is 2. The van der Waals surface area contributed by atoms with Gasteiger partial charge in [0.25, 0.3) is 5.91 Å². The summed E-state index contributed by atoms with van der Waals surface area (Å²) in [6.07, 6.45) is 3.32. The average molecular weight is 582 g/mol. The van der Waals surface area contributed by atoms with Gasteiger partial charge in [-0.3, -0.25) is 9.59 Å². The van der Waals surface area contributed by atoms with E-state index in [1.165, 1.54) is 0 Å². The minimum atomic E-state index is -4.56. The van der Waals surface area contributed by atoms with Gasteiger partial charge in [-0.1, -0.05) is 39.0 Å². The second-order valence-corrected chi connectivity index (χ2v) is 10.6. The number of carboxylic acid groups (broad SMARTS) is 1. The fourth-order valence-electron chi connectivity index (χ4n) is 5.38. The highest BCUT2D eigenvalue weighted by Gasteiger charge is 2.33. The molecule has 1 aliphatic carbocycles. The fraction of sp³-hybridized carbons (Fsp3) is 0.355. The number of nitrogens with two attached hydrogens (primary N) is 1. The first kappa shape index (κ1) is 30.5. The molecule has 1 amide bonds. The van der Waals surface area contributed by atoms with Crippen LogP contribution in [0.4, 0.5) is 19.0 Å². The first-order chi connectivity index (χ1) is 19.9. The number of carbonyl (C=O) groups excluding carboxylic acids is 1. The summed E-state index contributed by atoms with van der Waals surface area (Å²) in [6, 6.07) is 8.31. The van der Waals surface area contributed by atoms with Crippen LogP contribution < -0.4 is 11.1 Å². The Bertz CT molecular complexity index is 1450. The normalized spacial score (nSPS) is 20.9. The first-order valence-corrected chi connectivity index (χ1v) is 13.8. The van der Waals surface area contributed by atoms with Crippen LogP contribution in [0.5, 0.6) is 0 Å². The Hall–Kier alpha value is -4.41. The van der Waals surface area contributed by atoms with E-state index < -0.39 is 29.5 Å². The van der Waals surface area contributed by atoms with Crippen LogP contribution in [-0.2, 0) is 11.0 Å². The molecule has 1 aromatic carbocycles. The van der Waals surface area contributed by atoms with E-state index in [4.69, 9.17) is 5.73 Å². The highest BCUT2D eigenvalue weighted by atomic mass is 19.4. The Labute approximate surface area is 242 Å². The molecule has 8 nitrogen and oxygen atoms in total. The summed E-state index contributed by atoms with van der Waals surface area (Å²) in [6.45, 7) is 8.44. The highest BCUT2D eigenvalue weighted by molar-refractivity contribution is 6.06. The largest absolute Gasteiger partial charge is 0.481 e. The number of nitrogens with zero attached hydrogens (tertiary/aromatic N) is 3. The number of pyridine rings is 1. The maximum atomic E-state index is 13.1. The lowest BCUT2D eigenvalue weighted by Crippen LogP contribution is -2.35. The van der Waals surface area contributed by atoms with E-state index in [-0.39, 0.29) is 29.1 Å². The lowest BCUT2D eigenvalue weighted by Gasteiger charge is -2.37. The monoisotopic (exact) mass is 581 g/mol. The van der Waals surface area contributed by atoms with Crippen molar-refractivity contribution in [1.82, 2.24) is 9.88 Å². The quantitative estimate of drug-likeness (QED) is 0.321. The van der Waals surface area contributed by atoms with Crippen LogP contribution in [0.15, 0.2) is 78.0 Å². The predicted molar refractivity (Wildman–Crippen MR) is 155 cm³/mol. The number of carboxylic acids is 1. The first-order valence-electron chi connectivity index (χ1n) is 13.8. The van der Waals surface area contributed by atoms with Gasteiger partial charge in [0.1, 0.15) is 11.7 Å². The smallest absolute Gasteiger partial charge is 0.416 e. The molecule has 3 atom stereocenters. The van der Waals surface area contributed by atoms with Crippen molar-refractivity contribution in [3.05, 3.63) is 89.7 Å². The fourth-order valence-corrected chi connectivity index (χ4v) is 5.38. The number of amidine groups is 1. The number of benzene rings is 1. The standard InChI is InChI=1S/C31H34F3N5O3/c1-4-18(2)26(27-28(35)37-14-15-39(27)19(3)22-6-5-7-23(16-22)30(41)42)20-8-10-21(11-9-20)29(40)38-25-17-24(12-13-36-25)31(32,33)34/h8-15,17-18,22-23H,3-7,16H2,1-2H3,(H2,35,37)(H,41,42)(H,36,38,40)/b27-26+. The van der Waals surface area contributed by atoms with Crippen LogP contribution in [0, 0.1) is 17.8 Å². The van der Waals surface area contributed by atoms with Gasteiger partial charge < -0.3 is 21.1 Å². The van der Waals surface area contributed by atoms with Crippen LogP contribution in [0.1, 0.15) is 67.4 Å². The molecule has 0 spiro atoms. The van der Waals surface area contributed by atoms with Crippen molar-refractivity contribution in [3.8, 4) is 0 Å². The van der Waals surface area contributed by atoms with Crippen molar-refractivity contribution in [3.63, 3.8) is 0 Å². The van der Waals surface area contributed by atoms with Crippen LogP contribution in [-0.4, -0.2) is 32.7 Å². The molecule has 1 aliphatic heterocycles. The molecule has 4 N–H and O–H groups in total. The molecular formula is C31H34F3N5O3. The van der Waals surface area contributed by atoms with Crippen LogP contribution >= 0.6 is 0 Å². The summed E-state index contributed by atoms with van der Waals surface area (Å²) in [5.41, 5.74) is 8.85. The third kappa shape index (κ3) is 6.72.